The molecule has 0 rings (SSSR count). The van der Waals surface area contributed by atoms with E-state index in [0.29, 0.717) is 5.92 Å². The van der Waals surface area contributed by atoms with Gasteiger partial charge in [-0.25, -0.2) is 0 Å². The van der Waals surface area contributed by atoms with Gasteiger partial charge in [0.25, 0.3) is 0 Å². The maximum absolute atomic E-state index is 9.40. The van der Waals surface area contributed by atoms with E-state index in [0.717, 1.165) is 12.0 Å². The number of allylic oxidation sites excluding steroid dienone is 2. The lowest BCUT2D eigenvalue weighted by molar-refractivity contribution is 0.194. The fraction of sp³-hybridized carbons (Fsp3) is 0.600. The van der Waals surface area contributed by atoms with Crippen LogP contribution >= 0.6 is 0 Å². The molecular weight excluding hydrogens is 136 g/mol. The van der Waals surface area contributed by atoms with Gasteiger partial charge in [0.2, 0.25) is 0 Å². The molecule has 0 saturated carbocycles. The summed E-state index contributed by atoms with van der Waals surface area (Å²) in [6.45, 7) is 9.75. The van der Waals surface area contributed by atoms with Crippen LogP contribution in [0.15, 0.2) is 24.3 Å². The predicted molar refractivity (Wildman–Crippen MR) is 49.4 cm³/mol. The lowest BCUT2D eigenvalue weighted by Crippen LogP contribution is -2.06. The monoisotopic (exact) mass is 154 g/mol. The van der Waals surface area contributed by atoms with Gasteiger partial charge in [0, 0.05) is 0 Å². The predicted octanol–water partition coefficient (Wildman–Crippen LogP) is 2.53. The maximum atomic E-state index is 9.40. The molecule has 0 spiro atoms. The second kappa shape index (κ2) is 5.14. The van der Waals surface area contributed by atoms with Crippen LogP contribution in [0.5, 0.6) is 0 Å². The summed E-state index contributed by atoms with van der Waals surface area (Å²) in [4.78, 5) is 0. The van der Waals surface area contributed by atoms with Gasteiger partial charge >= 0.3 is 0 Å². The Bertz CT molecular complexity index is 145. The van der Waals surface area contributed by atoms with E-state index >= 15 is 0 Å². The minimum atomic E-state index is -0.312. The van der Waals surface area contributed by atoms with Gasteiger partial charge in [0.05, 0.1) is 6.10 Å². The topological polar surface area (TPSA) is 20.2 Å². The van der Waals surface area contributed by atoms with Crippen LogP contribution in [0, 0.1) is 5.92 Å². The highest BCUT2D eigenvalue weighted by atomic mass is 16.3. The van der Waals surface area contributed by atoms with Crippen LogP contribution in [-0.4, -0.2) is 11.2 Å². The molecule has 0 bridgehead atoms. The maximum Gasteiger partial charge on any atom is 0.0728 e. The normalized spacial score (nSPS) is 15.2. The van der Waals surface area contributed by atoms with E-state index in [4.69, 9.17) is 0 Å². The van der Waals surface area contributed by atoms with Gasteiger partial charge in [-0.2, -0.15) is 0 Å². The summed E-state index contributed by atoms with van der Waals surface area (Å²) in [6, 6.07) is 0. The Kier molecular flexibility index (Phi) is 4.88. The van der Waals surface area contributed by atoms with Crippen molar-refractivity contribution in [3.8, 4) is 0 Å². The van der Waals surface area contributed by atoms with Gasteiger partial charge in [-0.1, -0.05) is 38.2 Å². The molecule has 64 valence electrons. The highest BCUT2D eigenvalue weighted by Gasteiger charge is 2.02. The molecule has 0 aliphatic rings. The Hall–Kier alpha value is -0.560. The standard InChI is InChI=1S/C10H18O/c1-5-9(4)7-10(11)6-8(2)3/h5,7-8,10-11H,1,6H2,2-4H3. The van der Waals surface area contributed by atoms with E-state index in [9.17, 15) is 5.11 Å². The van der Waals surface area contributed by atoms with Crippen LogP contribution in [-0.2, 0) is 0 Å². The van der Waals surface area contributed by atoms with E-state index < -0.39 is 0 Å². The molecular formula is C10H18O. The summed E-state index contributed by atoms with van der Waals surface area (Å²) in [5.74, 6) is 0.541. The fourth-order valence-corrected chi connectivity index (χ4v) is 0.923. The van der Waals surface area contributed by atoms with E-state index in [2.05, 4.69) is 20.4 Å². The summed E-state index contributed by atoms with van der Waals surface area (Å²) in [7, 11) is 0. The third-order valence-corrected chi connectivity index (χ3v) is 1.49. The van der Waals surface area contributed by atoms with E-state index in [1.807, 2.05) is 13.0 Å². The van der Waals surface area contributed by atoms with Crippen molar-refractivity contribution in [3.05, 3.63) is 24.3 Å². The first-order valence-electron chi connectivity index (χ1n) is 4.05. The highest BCUT2D eigenvalue weighted by Crippen LogP contribution is 2.07. The Morgan fingerprint density at radius 2 is 2.09 bits per heavy atom. The summed E-state index contributed by atoms with van der Waals surface area (Å²) in [6.07, 6.45) is 4.11. The van der Waals surface area contributed by atoms with Gasteiger partial charge in [-0.15, -0.1) is 0 Å². The zero-order valence-corrected chi connectivity index (χ0v) is 7.67. The third kappa shape index (κ3) is 5.86. The Balaban J connectivity index is 3.85. The SMILES string of the molecule is C=CC(C)=CC(O)CC(C)C. The van der Waals surface area contributed by atoms with E-state index in [-0.39, 0.29) is 6.10 Å². The van der Waals surface area contributed by atoms with E-state index in [1.165, 1.54) is 0 Å². The molecule has 0 aliphatic carbocycles. The number of aliphatic hydroxyl groups is 1. The fourth-order valence-electron chi connectivity index (χ4n) is 0.923. The van der Waals surface area contributed by atoms with Crippen molar-refractivity contribution in [1.29, 1.82) is 0 Å². The van der Waals surface area contributed by atoms with Crippen molar-refractivity contribution in [2.45, 2.75) is 33.3 Å². The van der Waals surface area contributed by atoms with Gasteiger partial charge in [-0.3, -0.25) is 0 Å². The lowest BCUT2D eigenvalue weighted by Gasteiger charge is -2.08. The minimum absolute atomic E-state index is 0.312. The minimum Gasteiger partial charge on any atom is -0.389 e. The van der Waals surface area contributed by atoms with Crippen LogP contribution in [0.2, 0.25) is 0 Å². The third-order valence-electron chi connectivity index (χ3n) is 1.49. The molecule has 1 unspecified atom stereocenters. The quantitative estimate of drug-likeness (QED) is 0.617. The molecule has 0 aliphatic heterocycles. The molecule has 0 amide bonds. The summed E-state index contributed by atoms with van der Waals surface area (Å²) in [5, 5.41) is 9.40. The Morgan fingerprint density at radius 1 is 1.55 bits per heavy atom. The van der Waals surface area contributed by atoms with Crippen LogP contribution in [0.3, 0.4) is 0 Å². The largest absolute Gasteiger partial charge is 0.389 e. The molecule has 1 N–H and O–H groups in total. The van der Waals surface area contributed by atoms with Crippen molar-refractivity contribution in [2.24, 2.45) is 5.92 Å². The number of hydrogen-bond donors (Lipinski definition) is 1. The van der Waals surface area contributed by atoms with Gasteiger partial charge < -0.3 is 5.11 Å². The van der Waals surface area contributed by atoms with Gasteiger partial charge in [0.15, 0.2) is 0 Å². The highest BCUT2D eigenvalue weighted by molar-refractivity contribution is 5.14. The number of rotatable bonds is 4. The van der Waals surface area contributed by atoms with Crippen LogP contribution in [0.4, 0.5) is 0 Å². The first-order valence-corrected chi connectivity index (χ1v) is 4.05. The molecule has 1 heteroatoms. The van der Waals surface area contributed by atoms with Crippen LogP contribution < -0.4 is 0 Å². The van der Waals surface area contributed by atoms with Crippen molar-refractivity contribution < 1.29 is 5.11 Å². The Labute approximate surface area is 69.4 Å². The second-order valence-corrected chi connectivity index (χ2v) is 3.31. The molecule has 0 aromatic rings. The van der Waals surface area contributed by atoms with Crippen molar-refractivity contribution in [1.82, 2.24) is 0 Å². The molecule has 0 saturated heterocycles. The molecule has 0 aromatic heterocycles. The number of hydrogen-bond acceptors (Lipinski definition) is 1. The first kappa shape index (κ1) is 10.4. The molecule has 0 radical (unpaired) electrons. The summed E-state index contributed by atoms with van der Waals surface area (Å²) < 4.78 is 0. The zero-order valence-electron chi connectivity index (χ0n) is 7.67. The first-order chi connectivity index (χ1) is 5.06. The zero-order chi connectivity index (χ0) is 8.85. The lowest BCUT2D eigenvalue weighted by atomic mass is 10.0. The molecule has 1 atom stereocenters. The molecule has 11 heavy (non-hydrogen) atoms. The second-order valence-electron chi connectivity index (χ2n) is 3.31. The van der Waals surface area contributed by atoms with Crippen molar-refractivity contribution in [2.75, 3.05) is 0 Å². The van der Waals surface area contributed by atoms with Gasteiger partial charge in [-0.05, 0) is 19.3 Å². The van der Waals surface area contributed by atoms with Gasteiger partial charge in [0.1, 0.15) is 0 Å². The van der Waals surface area contributed by atoms with Crippen LogP contribution in [0.1, 0.15) is 27.2 Å². The number of aliphatic hydroxyl groups excluding tert-OH is 1. The van der Waals surface area contributed by atoms with Crippen LogP contribution in [0.25, 0.3) is 0 Å². The Morgan fingerprint density at radius 3 is 2.45 bits per heavy atom. The average Bonchev–Trinajstić information content (AvgIpc) is 1.85. The molecule has 0 fully saturated rings. The van der Waals surface area contributed by atoms with E-state index in [1.54, 1.807) is 6.08 Å². The smallest absolute Gasteiger partial charge is 0.0728 e. The molecule has 0 aromatic carbocycles. The van der Waals surface area contributed by atoms with Crippen molar-refractivity contribution in [3.63, 3.8) is 0 Å². The average molecular weight is 154 g/mol. The van der Waals surface area contributed by atoms with Crippen molar-refractivity contribution >= 4 is 0 Å². The summed E-state index contributed by atoms with van der Waals surface area (Å²) >= 11 is 0. The molecule has 0 heterocycles. The summed E-state index contributed by atoms with van der Waals surface area (Å²) in [5.41, 5.74) is 1.04. The molecule has 1 nitrogen and oxygen atoms in total.